The Hall–Kier alpha value is -0.530. The largest absolute Gasteiger partial charge is 0.370 e. The molecule has 2 heteroatoms. The Morgan fingerprint density at radius 3 is 2.31 bits per heavy atom. The van der Waals surface area contributed by atoms with Gasteiger partial charge in [-0.05, 0) is 37.0 Å². The molecule has 1 unspecified atom stereocenters. The smallest absolute Gasteiger partial charge is 0.217 e. The second-order valence-electron chi connectivity index (χ2n) is 5.69. The molecule has 1 atom stereocenters. The highest BCUT2D eigenvalue weighted by Gasteiger charge is 2.23. The molecular weight excluding hydrogens is 198 g/mol. The van der Waals surface area contributed by atoms with Crippen LogP contribution in [-0.4, -0.2) is 5.91 Å². The van der Waals surface area contributed by atoms with Crippen LogP contribution in [0.25, 0.3) is 0 Å². The molecule has 1 fully saturated rings. The summed E-state index contributed by atoms with van der Waals surface area (Å²) >= 11 is 0. The van der Waals surface area contributed by atoms with Crippen molar-refractivity contribution in [3.63, 3.8) is 0 Å². The topological polar surface area (TPSA) is 43.1 Å². The summed E-state index contributed by atoms with van der Waals surface area (Å²) in [7, 11) is 0. The Labute approximate surface area is 100.0 Å². The minimum absolute atomic E-state index is 0.122. The summed E-state index contributed by atoms with van der Waals surface area (Å²) < 4.78 is 0. The first-order chi connectivity index (χ1) is 7.61. The van der Waals surface area contributed by atoms with Gasteiger partial charge in [0.25, 0.3) is 0 Å². The Balaban J connectivity index is 2.18. The van der Waals surface area contributed by atoms with Crippen molar-refractivity contribution in [2.45, 2.75) is 65.2 Å². The van der Waals surface area contributed by atoms with Gasteiger partial charge in [-0.2, -0.15) is 0 Å². The molecule has 2 nitrogen and oxygen atoms in total. The summed E-state index contributed by atoms with van der Waals surface area (Å²) in [6, 6.07) is 0. The van der Waals surface area contributed by atoms with Crippen LogP contribution in [0.3, 0.4) is 0 Å². The Bertz CT molecular complexity index is 207. The average Bonchev–Trinajstić information content (AvgIpc) is 2.20. The SMILES string of the molecule is CCCC(C)CC1CCC(CC(N)=O)CC1. The summed E-state index contributed by atoms with van der Waals surface area (Å²) in [4.78, 5) is 10.8. The first kappa shape index (κ1) is 13.5. The van der Waals surface area contributed by atoms with E-state index in [9.17, 15) is 4.79 Å². The molecule has 2 N–H and O–H groups in total. The first-order valence-corrected chi connectivity index (χ1v) is 6.90. The second-order valence-corrected chi connectivity index (χ2v) is 5.69. The average molecular weight is 225 g/mol. The number of hydrogen-bond donors (Lipinski definition) is 1. The molecule has 1 amide bonds. The highest BCUT2D eigenvalue weighted by atomic mass is 16.1. The van der Waals surface area contributed by atoms with E-state index in [1.807, 2.05) is 0 Å². The highest BCUT2D eigenvalue weighted by Crippen LogP contribution is 2.34. The maximum Gasteiger partial charge on any atom is 0.217 e. The van der Waals surface area contributed by atoms with Crippen molar-refractivity contribution >= 4 is 5.91 Å². The Kier molecular flexibility index (Phi) is 5.86. The first-order valence-electron chi connectivity index (χ1n) is 6.90. The zero-order chi connectivity index (χ0) is 12.0. The summed E-state index contributed by atoms with van der Waals surface area (Å²) in [6.07, 6.45) is 9.71. The van der Waals surface area contributed by atoms with Crippen LogP contribution < -0.4 is 5.73 Å². The van der Waals surface area contributed by atoms with E-state index in [2.05, 4.69) is 13.8 Å². The van der Waals surface area contributed by atoms with Crippen LogP contribution in [-0.2, 0) is 4.79 Å². The van der Waals surface area contributed by atoms with Gasteiger partial charge >= 0.3 is 0 Å². The van der Waals surface area contributed by atoms with Crippen molar-refractivity contribution in [3.05, 3.63) is 0 Å². The van der Waals surface area contributed by atoms with E-state index in [1.165, 1.54) is 44.9 Å². The third-order valence-electron chi connectivity index (χ3n) is 3.97. The van der Waals surface area contributed by atoms with Crippen LogP contribution >= 0.6 is 0 Å². The van der Waals surface area contributed by atoms with E-state index in [0.717, 1.165) is 11.8 Å². The predicted octanol–water partition coefficient (Wildman–Crippen LogP) is 3.49. The summed E-state index contributed by atoms with van der Waals surface area (Å²) in [5.74, 6) is 2.24. The van der Waals surface area contributed by atoms with Gasteiger partial charge in [-0.1, -0.05) is 39.5 Å². The van der Waals surface area contributed by atoms with Gasteiger partial charge in [0.05, 0.1) is 0 Å². The lowest BCUT2D eigenvalue weighted by molar-refractivity contribution is -0.119. The Morgan fingerprint density at radius 1 is 1.25 bits per heavy atom. The van der Waals surface area contributed by atoms with E-state index in [0.29, 0.717) is 12.3 Å². The molecule has 0 aliphatic heterocycles. The molecule has 1 saturated carbocycles. The molecule has 0 aromatic carbocycles. The van der Waals surface area contributed by atoms with Gasteiger partial charge in [-0.3, -0.25) is 4.79 Å². The van der Waals surface area contributed by atoms with Crippen LogP contribution in [0, 0.1) is 17.8 Å². The van der Waals surface area contributed by atoms with Crippen molar-refractivity contribution < 1.29 is 4.79 Å². The number of hydrogen-bond acceptors (Lipinski definition) is 1. The fraction of sp³-hybridized carbons (Fsp3) is 0.929. The molecule has 0 bridgehead atoms. The molecule has 94 valence electrons. The molecule has 0 aromatic rings. The van der Waals surface area contributed by atoms with Crippen LogP contribution in [0.2, 0.25) is 0 Å². The zero-order valence-electron chi connectivity index (χ0n) is 10.9. The number of carbonyl (C=O) groups is 1. The molecular formula is C14H27NO. The van der Waals surface area contributed by atoms with Gasteiger partial charge in [-0.15, -0.1) is 0 Å². The van der Waals surface area contributed by atoms with Crippen LogP contribution in [0.1, 0.15) is 65.2 Å². The summed E-state index contributed by atoms with van der Waals surface area (Å²) in [5, 5.41) is 0. The van der Waals surface area contributed by atoms with Crippen LogP contribution in [0.5, 0.6) is 0 Å². The summed E-state index contributed by atoms with van der Waals surface area (Å²) in [6.45, 7) is 4.64. The van der Waals surface area contributed by atoms with Crippen molar-refractivity contribution in [1.82, 2.24) is 0 Å². The monoisotopic (exact) mass is 225 g/mol. The van der Waals surface area contributed by atoms with Crippen molar-refractivity contribution in [2.75, 3.05) is 0 Å². The third-order valence-corrected chi connectivity index (χ3v) is 3.97. The predicted molar refractivity (Wildman–Crippen MR) is 67.9 cm³/mol. The zero-order valence-corrected chi connectivity index (χ0v) is 10.9. The fourth-order valence-corrected chi connectivity index (χ4v) is 3.14. The standard InChI is InChI=1S/C14H27NO/c1-3-4-11(2)9-12-5-7-13(8-6-12)10-14(15)16/h11-13H,3-10H2,1-2H3,(H2,15,16). The van der Waals surface area contributed by atoms with Gasteiger partial charge < -0.3 is 5.73 Å². The molecule has 16 heavy (non-hydrogen) atoms. The lowest BCUT2D eigenvalue weighted by atomic mass is 9.76. The molecule has 1 aliphatic rings. The maximum atomic E-state index is 10.8. The second kappa shape index (κ2) is 6.93. The normalized spacial score (nSPS) is 27.6. The van der Waals surface area contributed by atoms with Crippen molar-refractivity contribution in [3.8, 4) is 0 Å². The van der Waals surface area contributed by atoms with Gasteiger partial charge in [-0.25, -0.2) is 0 Å². The van der Waals surface area contributed by atoms with Crippen molar-refractivity contribution in [2.24, 2.45) is 23.5 Å². The van der Waals surface area contributed by atoms with Gasteiger partial charge in [0.1, 0.15) is 0 Å². The quantitative estimate of drug-likeness (QED) is 0.738. The lowest BCUT2D eigenvalue weighted by Crippen LogP contribution is -2.22. The molecule has 1 rings (SSSR count). The van der Waals surface area contributed by atoms with Crippen LogP contribution in [0.15, 0.2) is 0 Å². The number of nitrogens with two attached hydrogens (primary N) is 1. The van der Waals surface area contributed by atoms with Gasteiger partial charge in [0.15, 0.2) is 0 Å². The van der Waals surface area contributed by atoms with Crippen molar-refractivity contribution in [1.29, 1.82) is 0 Å². The molecule has 0 saturated heterocycles. The van der Waals surface area contributed by atoms with E-state index >= 15 is 0 Å². The lowest BCUT2D eigenvalue weighted by Gasteiger charge is -2.29. The third kappa shape index (κ3) is 5.00. The molecule has 1 aliphatic carbocycles. The van der Waals surface area contributed by atoms with E-state index < -0.39 is 0 Å². The fourth-order valence-electron chi connectivity index (χ4n) is 3.14. The molecule has 0 heterocycles. The minimum Gasteiger partial charge on any atom is -0.370 e. The van der Waals surface area contributed by atoms with Gasteiger partial charge in [0.2, 0.25) is 5.91 Å². The highest BCUT2D eigenvalue weighted by molar-refractivity contribution is 5.73. The van der Waals surface area contributed by atoms with Gasteiger partial charge in [0, 0.05) is 6.42 Å². The number of carbonyl (C=O) groups excluding carboxylic acids is 1. The minimum atomic E-state index is -0.122. The van der Waals surface area contributed by atoms with E-state index in [4.69, 9.17) is 5.73 Å². The number of primary amides is 1. The number of amides is 1. The Morgan fingerprint density at radius 2 is 1.81 bits per heavy atom. The molecule has 0 radical (unpaired) electrons. The van der Waals surface area contributed by atoms with E-state index in [-0.39, 0.29) is 5.91 Å². The summed E-state index contributed by atoms with van der Waals surface area (Å²) in [5.41, 5.74) is 5.24. The molecule has 0 aromatic heterocycles. The van der Waals surface area contributed by atoms with Crippen LogP contribution in [0.4, 0.5) is 0 Å². The van der Waals surface area contributed by atoms with E-state index in [1.54, 1.807) is 0 Å². The molecule has 0 spiro atoms. The maximum absolute atomic E-state index is 10.8. The number of rotatable bonds is 6.